The van der Waals surface area contributed by atoms with Crippen LogP contribution in [0.2, 0.25) is 0 Å². The maximum atomic E-state index is 13.2. The molecule has 5 rings (SSSR count). The summed E-state index contributed by atoms with van der Waals surface area (Å²) >= 11 is 0. The molecule has 4 N–H and O–H groups in total. The molecule has 3 aromatic heterocycles. The maximum Gasteiger partial charge on any atom is 0.417 e. The van der Waals surface area contributed by atoms with Crippen molar-refractivity contribution in [2.45, 2.75) is 37.9 Å². The van der Waals surface area contributed by atoms with E-state index in [0.29, 0.717) is 45.9 Å². The number of nitrogens with one attached hydrogen (secondary N) is 2. The number of nitrogens with two attached hydrogens (primary N) is 1. The lowest BCUT2D eigenvalue weighted by molar-refractivity contribution is -0.137. The van der Waals surface area contributed by atoms with Crippen molar-refractivity contribution in [1.29, 1.82) is 0 Å². The Morgan fingerprint density at radius 2 is 1.83 bits per heavy atom. The smallest absolute Gasteiger partial charge is 0.396 e. The third kappa shape index (κ3) is 5.20. The zero-order chi connectivity index (χ0) is 24.6. The summed E-state index contributed by atoms with van der Waals surface area (Å²) in [6.45, 7) is 5.34. The molecular weight excluding hydrogens is 457 g/mol. The minimum absolute atomic E-state index is 0.293. The molecule has 0 aromatic carbocycles. The van der Waals surface area contributed by atoms with Crippen molar-refractivity contribution in [2.24, 2.45) is 5.92 Å². The van der Waals surface area contributed by atoms with E-state index in [1.807, 2.05) is 0 Å². The number of nitrogens with zero attached hydrogens (tertiary/aromatic N) is 5. The lowest BCUT2D eigenvalue weighted by Gasteiger charge is -2.41. The van der Waals surface area contributed by atoms with Gasteiger partial charge in [0, 0.05) is 62.1 Å². The molecule has 0 amide bonds. The van der Waals surface area contributed by atoms with Gasteiger partial charge in [0.1, 0.15) is 11.3 Å². The van der Waals surface area contributed by atoms with Gasteiger partial charge in [-0.1, -0.05) is 0 Å². The molecule has 8 nitrogen and oxygen atoms in total. The molecule has 0 unspecified atom stereocenters. The highest BCUT2D eigenvalue weighted by molar-refractivity contribution is 5.95. The number of hydrogen-bond acceptors (Lipinski definition) is 7. The van der Waals surface area contributed by atoms with Crippen LogP contribution in [-0.2, 0) is 6.18 Å². The van der Waals surface area contributed by atoms with Gasteiger partial charge in [0.2, 0.25) is 5.95 Å². The molecule has 11 heteroatoms. The number of nitrogen functional groups attached to an aromatic ring is 1. The molecule has 35 heavy (non-hydrogen) atoms. The first kappa shape index (κ1) is 23.8. The molecule has 0 spiro atoms. The fourth-order valence-electron chi connectivity index (χ4n) is 5.18. The van der Waals surface area contributed by atoms with Gasteiger partial charge < -0.3 is 20.9 Å². The van der Waals surface area contributed by atoms with Crippen molar-refractivity contribution in [1.82, 2.24) is 29.7 Å². The molecule has 2 fully saturated rings. The number of aromatic nitrogens is 4. The Morgan fingerprint density at radius 1 is 1.09 bits per heavy atom. The van der Waals surface area contributed by atoms with E-state index in [0.717, 1.165) is 57.8 Å². The SMILES string of the molecule is CN1CCN(C2CCC(CNc3ncc(N)c(-c4c[nH]c5ncc(C(F)(F)F)cc45)n3)CC2)CC1. The van der Waals surface area contributed by atoms with E-state index in [-0.39, 0.29) is 0 Å². The van der Waals surface area contributed by atoms with Crippen LogP contribution in [0, 0.1) is 5.92 Å². The first-order valence-electron chi connectivity index (χ1n) is 12.1. The van der Waals surface area contributed by atoms with Crippen LogP contribution in [0.4, 0.5) is 24.8 Å². The van der Waals surface area contributed by atoms with Crippen LogP contribution in [0.25, 0.3) is 22.3 Å². The van der Waals surface area contributed by atoms with Gasteiger partial charge in [-0.05, 0) is 44.7 Å². The van der Waals surface area contributed by atoms with Crippen molar-refractivity contribution in [3.8, 4) is 11.3 Å². The van der Waals surface area contributed by atoms with Gasteiger partial charge in [-0.15, -0.1) is 0 Å². The zero-order valence-electron chi connectivity index (χ0n) is 19.8. The number of fused-ring (bicyclic) bond motifs is 1. The third-order valence-corrected chi connectivity index (χ3v) is 7.35. The van der Waals surface area contributed by atoms with Crippen molar-refractivity contribution in [3.63, 3.8) is 0 Å². The lowest BCUT2D eigenvalue weighted by Crippen LogP contribution is -2.50. The second kappa shape index (κ2) is 9.62. The summed E-state index contributed by atoms with van der Waals surface area (Å²) in [6, 6.07) is 1.75. The minimum atomic E-state index is -4.48. The van der Waals surface area contributed by atoms with Crippen LogP contribution in [0.3, 0.4) is 0 Å². The Morgan fingerprint density at radius 3 is 2.54 bits per heavy atom. The number of anilines is 2. The standard InChI is InChI=1S/C24H31F3N8/c1-34-6-8-35(9-7-34)17-4-2-15(3-5-17)11-31-23-32-14-20(28)21(33-23)19-13-30-22-18(19)10-16(12-29-22)24(25,26)27/h10,12-15,17H,2-9,11,28H2,1H3,(H,29,30)(H,31,32,33). The Kier molecular flexibility index (Phi) is 6.54. The molecule has 0 atom stereocenters. The first-order valence-corrected chi connectivity index (χ1v) is 12.1. The van der Waals surface area contributed by atoms with Crippen LogP contribution < -0.4 is 11.1 Å². The molecule has 1 saturated carbocycles. The number of hydrogen-bond donors (Lipinski definition) is 3. The molecule has 3 aromatic rings. The Balaban J connectivity index is 1.24. The number of likely N-dealkylation sites (N-methyl/N-ethyl adjacent to an activating group) is 1. The summed E-state index contributed by atoms with van der Waals surface area (Å²) in [5, 5.41) is 3.64. The Bertz CT molecular complexity index is 1160. The van der Waals surface area contributed by atoms with E-state index in [1.165, 1.54) is 19.0 Å². The van der Waals surface area contributed by atoms with Crippen LogP contribution in [0.1, 0.15) is 31.2 Å². The molecule has 1 aliphatic heterocycles. The normalized spacial score (nSPS) is 22.5. The zero-order valence-corrected chi connectivity index (χ0v) is 19.8. The number of pyridine rings is 1. The van der Waals surface area contributed by atoms with E-state index in [9.17, 15) is 13.2 Å². The van der Waals surface area contributed by atoms with E-state index in [1.54, 1.807) is 6.20 Å². The number of H-pyrrole nitrogens is 1. The van der Waals surface area contributed by atoms with Gasteiger partial charge in [-0.2, -0.15) is 13.2 Å². The highest BCUT2D eigenvalue weighted by atomic mass is 19.4. The molecule has 0 radical (unpaired) electrons. The molecule has 1 aliphatic carbocycles. The van der Waals surface area contributed by atoms with Gasteiger partial charge >= 0.3 is 6.18 Å². The van der Waals surface area contributed by atoms with E-state index in [2.05, 4.69) is 42.1 Å². The Hall–Kier alpha value is -2.92. The molecule has 0 bridgehead atoms. The fraction of sp³-hybridized carbons (Fsp3) is 0.542. The Labute approximate surface area is 202 Å². The number of halogens is 3. The second-order valence-electron chi connectivity index (χ2n) is 9.71. The van der Waals surface area contributed by atoms with Crippen molar-refractivity contribution < 1.29 is 13.2 Å². The predicted molar refractivity (Wildman–Crippen MR) is 130 cm³/mol. The molecule has 2 aliphatic rings. The van der Waals surface area contributed by atoms with Crippen LogP contribution in [0.5, 0.6) is 0 Å². The number of rotatable bonds is 5. The monoisotopic (exact) mass is 488 g/mol. The number of piperazine rings is 1. The maximum absolute atomic E-state index is 13.2. The fourth-order valence-corrected chi connectivity index (χ4v) is 5.18. The van der Waals surface area contributed by atoms with Crippen molar-refractivity contribution in [2.75, 3.05) is 50.8 Å². The largest absolute Gasteiger partial charge is 0.417 e. The summed E-state index contributed by atoms with van der Waals surface area (Å²) in [7, 11) is 2.18. The summed E-state index contributed by atoms with van der Waals surface area (Å²) in [4.78, 5) is 20.7. The van der Waals surface area contributed by atoms with E-state index in [4.69, 9.17) is 5.73 Å². The van der Waals surface area contributed by atoms with Gasteiger partial charge in [0.15, 0.2) is 0 Å². The molecule has 4 heterocycles. The van der Waals surface area contributed by atoms with Crippen LogP contribution in [0.15, 0.2) is 24.7 Å². The lowest BCUT2D eigenvalue weighted by atomic mass is 9.85. The highest BCUT2D eigenvalue weighted by Crippen LogP contribution is 2.35. The second-order valence-corrected chi connectivity index (χ2v) is 9.71. The minimum Gasteiger partial charge on any atom is -0.396 e. The topological polar surface area (TPSA) is 99.0 Å². The average molecular weight is 489 g/mol. The third-order valence-electron chi connectivity index (χ3n) is 7.35. The highest BCUT2D eigenvalue weighted by Gasteiger charge is 2.32. The molecular formula is C24H31F3N8. The predicted octanol–water partition coefficient (Wildman–Crippen LogP) is 3.84. The van der Waals surface area contributed by atoms with Crippen LogP contribution >= 0.6 is 0 Å². The van der Waals surface area contributed by atoms with Crippen LogP contribution in [-0.4, -0.2) is 75.5 Å². The molecule has 188 valence electrons. The summed E-state index contributed by atoms with van der Waals surface area (Å²) in [6.07, 6.45) is 4.12. The van der Waals surface area contributed by atoms with Crippen molar-refractivity contribution >= 4 is 22.7 Å². The van der Waals surface area contributed by atoms with E-state index >= 15 is 0 Å². The van der Waals surface area contributed by atoms with Crippen molar-refractivity contribution in [3.05, 3.63) is 30.2 Å². The van der Waals surface area contributed by atoms with Gasteiger partial charge in [0.25, 0.3) is 0 Å². The first-order chi connectivity index (χ1) is 16.8. The summed E-state index contributed by atoms with van der Waals surface area (Å²) < 4.78 is 39.6. The number of alkyl halides is 3. The van der Waals surface area contributed by atoms with Gasteiger partial charge in [-0.3, -0.25) is 4.90 Å². The summed E-state index contributed by atoms with van der Waals surface area (Å²) in [5.74, 6) is 0.958. The average Bonchev–Trinajstić information content (AvgIpc) is 3.27. The van der Waals surface area contributed by atoms with E-state index < -0.39 is 11.7 Å². The van der Waals surface area contributed by atoms with Gasteiger partial charge in [-0.25, -0.2) is 15.0 Å². The summed E-state index contributed by atoms with van der Waals surface area (Å²) in [5.41, 5.74) is 6.78. The number of aromatic amines is 1. The molecule has 1 saturated heterocycles. The quantitative estimate of drug-likeness (QED) is 0.502. The van der Waals surface area contributed by atoms with Gasteiger partial charge in [0.05, 0.1) is 17.4 Å².